The lowest BCUT2D eigenvalue weighted by Gasteiger charge is -2.55. The average molecular weight is 486 g/mol. The molecular formula is C23H31Cl2N2O5+. The number of nitrogens with zero attached hydrogens (tertiary/aromatic N) is 1. The van der Waals surface area contributed by atoms with Crippen molar-refractivity contribution in [1.82, 2.24) is 5.32 Å². The quantitative estimate of drug-likeness (QED) is 0.427. The van der Waals surface area contributed by atoms with Crippen LogP contribution in [0.3, 0.4) is 0 Å². The molecule has 32 heavy (non-hydrogen) atoms. The molecule has 1 saturated carbocycles. The third-order valence-electron chi connectivity index (χ3n) is 6.56. The van der Waals surface area contributed by atoms with Gasteiger partial charge in [-0.1, -0.05) is 35.7 Å². The minimum atomic E-state index is -1.26. The van der Waals surface area contributed by atoms with Crippen molar-refractivity contribution in [2.75, 3.05) is 20.1 Å². The molecule has 2 aliphatic rings. The number of carbonyl (C=O) groups is 3. The molecule has 0 spiro atoms. The van der Waals surface area contributed by atoms with E-state index in [4.69, 9.17) is 33.4 Å². The van der Waals surface area contributed by atoms with Crippen LogP contribution in [-0.2, 0) is 19.9 Å². The maximum absolute atomic E-state index is 11.9. The number of halogens is 2. The van der Waals surface area contributed by atoms with Crippen LogP contribution in [0.15, 0.2) is 30.4 Å². The topological polar surface area (TPSA) is 104 Å². The van der Waals surface area contributed by atoms with Gasteiger partial charge in [0.1, 0.15) is 5.54 Å². The van der Waals surface area contributed by atoms with Gasteiger partial charge < -0.3 is 20.0 Å². The summed E-state index contributed by atoms with van der Waals surface area (Å²) in [5.41, 5.74) is 1.11. The van der Waals surface area contributed by atoms with E-state index < -0.39 is 11.9 Å². The Bertz CT molecular complexity index is 867. The monoisotopic (exact) mass is 485 g/mol. The lowest BCUT2D eigenvalue weighted by molar-refractivity contribution is -0.960. The molecule has 0 aromatic heterocycles. The van der Waals surface area contributed by atoms with Crippen molar-refractivity contribution in [2.24, 2.45) is 0 Å². The Labute approximate surface area is 198 Å². The molecule has 1 aliphatic heterocycles. The van der Waals surface area contributed by atoms with Gasteiger partial charge in [-0.25, -0.2) is 9.59 Å². The summed E-state index contributed by atoms with van der Waals surface area (Å²) in [6, 6.07) is 6.20. The Balaban J connectivity index is 0.000000390. The second-order valence-corrected chi connectivity index (χ2v) is 9.43. The van der Waals surface area contributed by atoms with E-state index in [0.29, 0.717) is 22.2 Å². The number of likely N-dealkylation sites (N-methyl/N-ethyl adjacent to an activating group) is 1. The smallest absolute Gasteiger partial charge is 0.328 e. The molecule has 3 N–H and O–H groups in total. The number of aliphatic carboxylic acids is 2. The summed E-state index contributed by atoms with van der Waals surface area (Å²) in [6.07, 6.45) is 8.04. The SMILES string of the molecule is CC(=O)NC1CCCCC1(c1ccc(Cl)c(Cl)c1)[N+]1(C)CCCC1.O=C(O)/C=C\C(=O)O. The molecule has 9 heteroatoms. The Kier molecular flexibility index (Phi) is 9.13. The predicted molar refractivity (Wildman–Crippen MR) is 124 cm³/mol. The molecule has 1 amide bonds. The maximum atomic E-state index is 11.9. The van der Waals surface area contributed by atoms with Crippen LogP contribution in [-0.4, -0.2) is 58.7 Å². The van der Waals surface area contributed by atoms with Gasteiger partial charge >= 0.3 is 11.9 Å². The molecule has 1 saturated heterocycles. The third-order valence-corrected chi connectivity index (χ3v) is 7.30. The van der Waals surface area contributed by atoms with E-state index in [0.717, 1.165) is 36.8 Å². The van der Waals surface area contributed by atoms with Crippen molar-refractivity contribution in [3.63, 3.8) is 0 Å². The molecule has 1 aromatic rings. The fourth-order valence-electron chi connectivity index (χ4n) is 5.24. The summed E-state index contributed by atoms with van der Waals surface area (Å²) in [6.45, 7) is 3.92. The number of rotatable bonds is 5. The van der Waals surface area contributed by atoms with Crippen LogP contribution in [0.1, 0.15) is 51.0 Å². The summed E-state index contributed by atoms with van der Waals surface area (Å²) in [7, 11) is 2.36. The molecule has 1 heterocycles. The molecule has 2 atom stereocenters. The summed E-state index contributed by atoms with van der Waals surface area (Å²) < 4.78 is 0.982. The van der Waals surface area contributed by atoms with Crippen molar-refractivity contribution in [3.05, 3.63) is 46.0 Å². The highest BCUT2D eigenvalue weighted by atomic mass is 35.5. The third kappa shape index (κ3) is 6.03. The first-order valence-corrected chi connectivity index (χ1v) is 11.5. The first-order chi connectivity index (χ1) is 15.0. The van der Waals surface area contributed by atoms with Crippen LogP contribution in [0.4, 0.5) is 0 Å². The number of likely N-dealkylation sites (tertiary alicyclic amines) is 1. The highest BCUT2D eigenvalue weighted by Gasteiger charge is 2.57. The average Bonchev–Trinajstić information content (AvgIpc) is 3.17. The van der Waals surface area contributed by atoms with E-state index >= 15 is 0 Å². The molecule has 0 bridgehead atoms. The molecule has 2 fully saturated rings. The number of carboxylic acids is 2. The Morgan fingerprint density at radius 2 is 1.62 bits per heavy atom. The standard InChI is InChI=1S/C19H26Cl2N2O.C4H4O4/c1-14(24)22-18-7-3-4-10-19(18,23(2)11-5-6-12-23)15-8-9-16(20)17(21)13-15;5-3(6)1-2-4(7)8/h8-9,13,18H,3-7,10-12H2,1-2H3;1-2H,(H,5,6)(H,7,8)/p+1/b;2-1-. The zero-order chi connectivity index (χ0) is 23.9. The molecule has 0 radical (unpaired) electrons. The summed E-state index contributed by atoms with van der Waals surface area (Å²) >= 11 is 12.5. The van der Waals surface area contributed by atoms with Crippen LogP contribution in [0.25, 0.3) is 0 Å². The number of carboxylic acid groups (broad SMARTS) is 2. The van der Waals surface area contributed by atoms with Crippen LogP contribution >= 0.6 is 23.2 Å². The van der Waals surface area contributed by atoms with Gasteiger partial charge in [0.05, 0.1) is 36.2 Å². The fraction of sp³-hybridized carbons (Fsp3) is 0.522. The highest BCUT2D eigenvalue weighted by Crippen LogP contribution is 2.49. The Hall–Kier alpha value is -2.09. The van der Waals surface area contributed by atoms with Crippen LogP contribution < -0.4 is 5.32 Å². The Morgan fingerprint density at radius 3 is 2.12 bits per heavy atom. The van der Waals surface area contributed by atoms with Gasteiger partial charge in [0.25, 0.3) is 0 Å². The van der Waals surface area contributed by atoms with Crippen LogP contribution in [0.5, 0.6) is 0 Å². The molecule has 7 nitrogen and oxygen atoms in total. The van der Waals surface area contributed by atoms with Crippen molar-refractivity contribution in [2.45, 2.75) is 57.0 Å². The summed E-state index contributed by atoms with van der Waals surface area (Å²) in [5.74, 6) is -2.46. The van der Waals surface area contributed by atoms with Gasteiger partial charge in [0.15, 0.2) is 0 Å². The van der Waals surface area contributed by atoms with Crippen LogP contribution in [0.2, 0.25) is 10.0 Å². The van der Waals surface area contributed by atoms with Crippen LogP contribution in [0, 0.1) is 0 Å². The maximum Gasteiger partial charge on any atom is 0.328 e. The van der Waals surface area contributed by atoms with E-state index in [-0.39, 0.29) is 17.5 Å². The largest absolute Gasteiger partial charge is 0.478 e. The summed E-state index contributed by atoms with van der Waals surface area (Å²) in [5, 5.41) is 20.1. The number of nitrogens with one attached hydrogen (secondary N) is 1. The number of benzene rings is 1. The first kappa shape index (κ1) is 26.2. The van der Waals surface area contributed by atoms with Gasteiger partial charge in [-0.2, -0.15) is 0 Å². The molecule has 1 aromatic carbocycles. The number of amides is 1. The minimum absolute atomic E-state index is 0.0529. The van der Waals surface area contributed by atoms with Crippen molar-refractivity contribution in [3.8, 4) is 0 Å². The van der Waals surface area contributed by atoms with Gasteiger partial charge in [0.2, 0.25) is 5.91 Å². The molecule has 1 aliphatic carbocycles. The lowest BCUT2D eigenvalue weighted by Crippen LogP contribution is -2.68. The van der Waals surface area contributed by atoms with Crippen molar-refractivity contribution in [1.29, 1.82) is 0 Å². The van der Waals surface area contributed by atoms with E-state index in [2.05, 4.69) is 18.4 Å². The zero-order valence-electron chi connectivity index (χ0n) is 18.4. The summed E-state index contributed by atoms with van der Waals surface area (Å²) in [4.78, 5) is 31.0. The number of hydrogen-bond donors (Lipinski definition) is 3. The van der Waals surface area contributed by atoms with Gasteiger partial charge in [-0.15, -0.1) is 0 Å². The van der Waals surface area contributed by atoms with Crippen molar-refractivity contribution < 1.29 is 29.1 Å². The first-order valence-electron chi connectivity index (χ1n) is 10.7. The van der Waals surface area contributed by atoms with E-state index in [1.165, 1.54) is 24.8 Å². The van der Waals surface area contributed by atoms with Crippen molar-refractivity contribution >= 4 is 41.0 Å². The van der Waals surface area contributed by atoms with Gasteiger partial charge in [-0.05, 0) is 25.0 Å². The normalized spacial score (nSPS) is 24.4. The van der Waals surface area contributed by atoms with E-state index in [1.54, 1.807) is 6.92 Å². The second kappa shape index (κ2) is 11.2. The number of hydrogen-bond acceptors (Lipinski definition) is 3. The minimum Gasteiger partial charge on any atom is -0.478 e. The Morgan fingerprint density at radius 1 is 1.03 bits per heavy atom. The van der Waals surface area contributed by atoms with E-state index in [1.807, 2.05) is 12.1 Å². The van der Waals surface area contributed by atoms with E-state index in [9.17, 15) is 14.4 Å². The zero-order valence-corrected chi connectivity index (χ0v) is 20.0. The van der Waals surface area contributed by atoms with Gasteiger partial charge in [-0.3, -0.25) is 4.79 Å². The predicted octanol–water partition coefficient (Wildman–Crippen LogP) is 4.22. The molecule has 2 unspecified atom stereocenters. The molecular weight excluding hydrogens is 455 g/mol. The molecule has 176 valence electrons. The highest BCUT2D eigenvalue weighted by molar-refractivity contribution is 6.42. The number of carbonyl (C=O) groups excluding carboxylic acids is 1. The fourth-order valence-corrected chi connectivity index (χ4v) is 5.53. The van der Waals surface area contributed by atoms with Gasteiger partial charge in [0, 0.05) is 43.9 Å². The lowest BCUT2D eigenvalue weighted by atomic mass is 9.70. The number of quaternary nitrogens is 1. The molecule has 3 rings (SSSR count). The second-order valence-electron chi connectivity index (χ2n) is 8.61.